The smallest absolute Gasteiger partial charge is 0.117 e. The van der Waals surface area contributed by atoms with Crippen LogP contribution in [-0.2, 0) is 0 Å². The van der Waals surface area contributed by atoms with Crippen LogP contribution in [0.2, 0.25) is 0 Å². The first-order valence-electron chi connectivity index (χ1n) is 7.10. The summed E-state index contributed by atoms with van der Waals surface area (Å²) in [6, 6.07) is 16.2. The first kappa shape index (κ1) is 14.6. The van der Waals surface area contributed by atoms with E-state index in [4.69, 9.17) is 11.1 Å². The maximum absolute atomic E-state index is 9.53. The Kier molecular flexibility index (Phi) is 3.93. The normalized spacial score (nSPS) is 16.0. The van der Waals surface area contributed by atoms with Gasteiger partial charge in [0.05, 0.1) is 28.5 Å². The average molecular weight is 304 g/mol. The largest absolute Gasteiger partial charge is 0.508 e. The van der Waals surface area contributed by atoms with Gasteiger partial charge in [0, 0.05) is 11.8 Å². The van der Waals surface area contributed by atoms with Crippen molar-refractivity contribution in [1.82, 2.24) is 0 Å². The molecule has 0 bridgehead atoms. The molecular weight excluding hydrogens is 288 g/mol. The van der Waals surface area contributed by atoms with Crippen LogP contribution < -0.4 is 11.1 Å². The highest BCUT2D eigenvalue weighted by atomic mass is 16.3. The first-order chi connectivity index (χ1) is 11.1. The van der Waals surface area contributed by atoms with Gasteiger partial charge in [-0.1, -0.05) is 24.3 Å². The average Bonchev–Trinajstić information content (AvgIpc) is 2.53. The first-order valence-corrected chi connectivity index (χ1v) is 7.10. The molecule has 0 aliphatic heterocycles. The quantitative estimate of drug-likeness (QED) is 0.655. The van der Waals surface area contributed by atoms with E-state index in [1.807, 2.05) is 36.4 Å². The van der Waals surface area contributed by atoms with Crippen LogP contribution in [-0.4, -0.2) is 16.5 Å². The SMILES string of the molecule is N=C1C=C(N)C(=Nc2ccccc2)C=C1Nc1cccc(O)c1. The van der Waals surface area contributed by atoms with Gasteiger partial charge in [0.25, 0.3) is 0 Å². The van der Waals surface area contributed by atoms with Gasteiger partial charge in [-0.2, -0.15) is 0 Å². The lowest BCUT2D eigenvalue weighted by molar-refractivity contribution is 0.475. The molecule has 0 heterocycles. The fraction of sp³-hybridized carbons (Fsp3) is 0. The van der Waals surface area contributed by atoms with E-state index < -0.39 is 0 Å². The van der Waals surface area contributed by atoms with E-state index >= 15 is 0 Å². The lowest BCUT2D eigenvalue weighted by atomic mass is 10.0. The summed E-state index contributed by atoms with van der Waals surface area (Å²) in [6.45, 7) is 0. The van der Waals surface area contributed by atoms with Crippen molar-refractivity contribution in [3.8, 4) is 5.75 Å². The number of hydrogen-bond donors (Lipinski definition) is 4. The number of aromatic hydroxyl groups is 1. The summed E-state index contributed by atoms with van der Waals surface area (Å²) in [7, 11) is 0. The van der Waals surface area contributed by atoms with Crippen molar-refractivity contribution >= 4 is 22.8 Å². The fourth-order valence-electron chi connectivity index (χ4n) is 2.19. The van der Waals surface area contributed by atoms with Crippen molar-refractivity contribution < 1.29 is 5.11 Å². The van der Waals surface area contributed by atoms with Crippen molar-refractivity contribution in [1.29, 1.82) is 5.41 Å². The molecule has 0 unspecified atom stereocenters. The highest BCUT2D eigenvalue weighted by Gasteiger charge is 2.14. The molecular formula is C18H16N4O. The Bertz CT molecular complexity index is 835. The zero-order valence-electron chi connectivity index (χ0n) is 12.3. The summed E-state index contributed by atoms with van der Waals surface area (Å²) >= 11 is 0. The molecule has 0 amide bonds. The van der Waals surface area contributed by atoms with Crippen molar-refractivity contribution in [2.24, 2.45) is 10.7 Å². The molecule has 0 spiro atoms. The number of nitrogens with one attached hydrogen (secondary N) is 2. The van der Waals surface area contributed by atoms with E-state index in [1.54, 1.807) is 30.4 Å². The van der Waals surface area contributed by atoms with Crippen LogP contribution in [0.1, 0.15) is 0 Å². The Balaban J connectivity index is 1.92. The molecule has 5 heteroatoms. The third kappa shape index (κ3) is 3.47. The van der Waals surface area contributed by atoms with Gasteiger partial charge in [-0.05, 0) is 36.4 Å². The molecule has 23 heavy (non-hydrogen) atoms. The van der Waals surface area contributed by atoms with Gasteiger partial charge in [-0.3, -0.25) is 5.41 Å². The molecule has 3 rings (SSSR count). The highest BCUT2D eigenvalue weighted by molar-refractivity contribution is 6.23. The van der Waals surface area contributed by atoms with Crippen LogP contribution in [0, 0.1) is 5.41 Å². The van der Waals surface area contributed by atoms with Crippen molar-refractivity contribution in [2.45, 2.75) is 0 Å². The minimum absolute atomic E-state index is 0.158. The maximum atomic E-state index is 9.53. The molecule has 2 aromatic carbocycles. The second-order valence-corrected chi connectivity index (χ2v) is 5.08. The molecule has 5 N–H and O–H groups in total. The second kappa shape index (κ2) is 6.19. The standard InChI is InChI=1S/C18H16N4O/c19-15-10-16(20)18(22-13-7-4-8-14(23)9-13)11-17(15)21-12-5-2-1-3-6-12/h1-11,20,22-23H,19H2. The minimum Gasteiger partial charge on any atom is -0.508 e. The third-order valence-electron chi connectivity index (χ3n) is 3.30. The number of para-hydroxylation sites is 1. The molecule has 0 saturated carbocycles. The molecule has 2 aromatic rings. The molecule has 0 radical (unpaired) electrons. The summed E-state index contributed by atoms with van der Waals surface area (Å²) in [5.41, 5.74) is 9.32. The van der Waals surface area contributed by atoms with E-state index in [1.165, 1.54) is 0 Å². The van der Waals surface area contributed by atoms with Crippen molar-refractivity contribution in [3.05, 3.63) is 78.1 Å². The summed E-state index contributed by atoms with van der Waals surface area (Å²) in [4.78, 5) is 4.50. The lowest BCUT2D eigenvalue weighted by Crippen LogP contribution is -2.21. The number of nitrogens with zero attached hydrogens (tertiary/aromatic N) is 1. The number of aliphatic imine (C=N–C) groups is 1. The Morgan fingerprint density at radius 2 is 1.78 bits per heavy atom. The van der Waals surface area contributed by atoms with Crippen LogP contribution in [0.15, 0.2) is 83.1 Å². The van der Waals surface area contributed by atoms with E-state index in [-0.39, 0.29) is 11.5 Å². The molecule has 0 atom stereocenters. The number of rotatable bonds is 3. The van der Waals surface area contributed by atoms with Crippen LogP contribution in [0.5, 0.6) is 5.75 Å². The Labute approximate surface area is 134 Å². The number of hydrogen-bond acceptors (Lipinski definition) is 5. The summed E-state index contributed by atoms with van der Waals surface area (Å²) < 4.78 is 0. The van der Waals surface area contributed by atoms with Gasteiger partial charge in [0.1, 0.15) is 5.75 Å². The number of anilines is 1. The fourth-order valence-corrected chi connectivity index (χ4v) is 2.19. The summed E-state index contributed by atoms with van der Waals surface area (Å²) in [6.07, 6.45) is 3.29. The zero-order chi connectivity index (χ0) is 16.2. The van der Waals surface area contributed by atoms with Crippen molar-refractivity contribution in [2.75, 3.05) is 5.32 Å². The van der Waals surface area contributed by atoms with Gasteiger partial charge in [0.2, 0.25) is 0 Å². The predicted molar refractivity (Wildman–Crippen MR) is 93.3 cm³/mol. The van der Waals surface area contributed by atoms with Crippen LogP contribution >= 0.6 is 0 Å². The Hall–Kier alpha value is -3.34. The minimum atomic E-state index is 0.158. The number of nitrogens with two attached hydrogens (primary N) is 1. The van der Waals surface area contributed by atoms with Gasteiger partial charge in [-0.25, -0.2) is 4.99 Å². The molecule has 0 fully saturated rings. The second-order valence-electron chi connectivity index (χ2n) is 5.08. The molecule has 0 saturated heterocycles. The molecule has 5 nitrogen and oxygen atoms in total. The summed E-state index contributed by atoms with van der Waals surface area (Å²) in [5, 5.41) is 20.7. The van der Waals surface area contributed by atoms with Gasteiger partial charge < -0.3 is 16.2 Å². The lowest BCUT2D eigenvalue weighted by Gasteiger charge is -2.16. The van der Waals surface area contributed by atoms with E-state index in [2.05, 4.69) is 10.3 Å². The molecule has 0 aromatic heterocycles. The number of phenolic OH excluding ortho intramolecular Hbond substituents is 1. The monoisotopic (exact) mass is 304 g/mol. The van der Waals surface area contributed by atoms with Crippen LogP contribution in [0.4, 0.5) is 11.4 Å². The Morgan fingerprint density at radius 3 is 2.52 bits per heavy atom. The number of allylic oxidation sites excluding steroid dienone is 2. The van der Waals surface area contributed by atoms with Crippen LogP contribution in [0.3, 0.4) is 0 Å². The topological polar surface area (TPSA) is 94.5 Å². The van der Waals surface area contributed by atoms with Gasteiger partial charge >= 0.3 is 0 Å². The third-order valence-corrected chi connectivity index (χ3v) is 3.30. The van der Waals surface area contributed by atoms with E-state index in [0.717, 1.165) is 5.69 Å². The summed E-state index contributed by atoms with van der Waals surface area (Å²) in [5.74, 6) is 0.158. The molecule has 114 valence electrons. The molecule has 1 aliphatic rings. The maximum Gasteiger partial charge on any atom is 0.117 e. The van der Waals surface area contributed by atoms with Crippen LogP contribution in [0.25, 0.3) is 0 Å². The number of benzene rings is 2. The van der Waals surface area contributed by atoms with Crippen molar-refractivity contribution in [3.63, 3.8) is 0 Å². The zero-order valence-corrected chi connectivity index (χ0v) is 12.3. The number of phenols is 1. The van der Waals surface area contributed by atoms with Gasteiger partial charge in [0.15, 0.2) is 0 Å². The van der Waals surface area contributed by atoms with E-state index in [9.17, 15) is 5.11 Å². The van der Waals surface area contributed by atoms with Gasteiger partial charge in [-0.15, -0.1) is 0 Å². The Morgan fingerprint density at radius 1 is 1.00 bits per heavy atom. The molecule has 1 aliphatic carbocycles. The predicted octanol–water partition coefficient (Wildman–Crippen LogP) is 3.34. The highest BCUT2D eigenvalue weighted by Crippen LogP contribution is 2.20. The van der Waals surface area contributed by atoms with E-state index in [0.29, 0.717) is 22.8 Å².